The van der Waals surface area contributed by atoms with Gasteiger partial charge in [-0.1, -0.05) is 13.8 Å². The molecule has 1 aromatic heterocycles. The molecule has 0 amide bonds. The molecule has 0 aliphatic heterocycles. The summed E-state index contributed by atoms with van der Waals surface area (Å²) in [5.74, 6) is 1.13. The second-order valence-corrected chi connectivity index (χ2v) is 5.18. The van der Waals surface area contributed by atoms with Gasteiger partial charge in [0.15, 0.2) is 0 Å². The maximum absolute atomic E-state index is 5.77. The molecular formula is C11H17BrClN3O. The Bertz CT molecular complexity index is 363. The van der Waals surface area contributed by atoms with Gasteiger partial charge < -0.3 is 10.1 Å². The predicted octanol–water partition coefficient (Wildman–Crippen LogP) is 3.37. The highest BCUT2D eigenvalue weighted by Crippen LogP contribution is 2.22. The van der Waals surface area contributed by atoms with Crippen LogP contribution in [0.2, 0.25) is 5.28 Å². The van der Waals surface area contributed by atoms with E-state index in [0.29, 0.717) is 24.9 Å². The summed E-state index contributed by atoms with van der Waals surface area (Å²) < 4.78 is 6.24. The van der Waals surface area contributed by atoms with Gasteiger partial charge >= 0.3 is 0 Å². The third-order valence-corrected chi connectivity index (χ3v) is 3.11. The Labute approximate surface area is 115 Å². The van der Waals surface area contributed by atoms with Gasteiger partial charge in [0.2, 0.25) is 5.28 Å². The number of anilines is 1. The molecule has 0 spiro atoms. The van der Waals surface area contributed by atoms with Gasteiger partial charge in [-0.25, -0.2) is 4.98 Å². The highest BCUT2D eigenvalue weighted by molar-refractivity contribution is 9.10. The molecule has 0 radical (unpaired) electrons. The van der Waals surface area contributed by atoms with Crippen molar-refractivity contribution in [2.75, 3.05) is 18.5 Å². The van der Waals surface area contributed by atoms with Crippen LogP contribution in [0, 0.1) is 5.92 Å². The van der Waals surface area contributed by atoms with Crippen LogP contribution >= 0.6 is 27.5 Å². The minimum absolute atomic E-state index is 0.192. The van der Waals surface area contributed by atoms with Gasteiger partial charge in [-0.2, -0.15) is 4.98 Å². The number of ether oxygens (including phenoxy) is 1. The smallest absolute Gasteiger partial charge is 0.224 e. The molecule has 0 aliphatic rings. The molecule has 1 atom stereocenters. The van der Waals surface area contributed by atoms with E-state index in [0.717, 1.165) is 4.47 Å². The van der Waals surface area contributed by atoms with Gasteiger partial charge in [0, 0.05) is 12.8 Å². The minimum atomic E-state index is 0.192. The summed E-state index contributed by atoms with van der Waals surface area (Å²) in [7, 11) is 0. The molecule has 0 aromatic carbocycles. The Morgan fingerprint density at radius 2 is 2.24 bits per heavy atom. The lowest BCUT2D eigenvalue weighted by molar-refractivity contribution is 0.126. The van der Waals surface area contributed by atoms with Crippen LogP contribution in [0.15, 0.2) is 10.7 Å². The predicted molar refractivity (Wildman–Crippen MR) is 73.5 cm³/mol. The fourth-order valence-corrected chi connectivity index (χ4v) is 1.71. The first kappa shape index (κ1) is 14.7. The Morgan fingerprint density at radius 1 is 1.53 bits per heavy atom. The Morgan fingerprint density at radius 3 is 2.82 bits per heavy atom. The van der Waals surface area contributed by atoms with Gasteiger partial charge in [-0.3, -0.25) is 0 Å². The SMILES string of the molecule is CCOCC(Nc1nc(Cl)ncc1Br)C(C)C. The van der Waals surface area contributed by atoms with Crippen LogP contribution in [0.4, 0.5) is 5.82 Å². The Balaban J connectivity index is 2.74. The van der Waals surface area contributed by atoms with Gasteiger partial charge in [-0.15, -0.1) is 0 Å². The molecule has 1 heterocycles. The van der Waals surface area contributed by atoms with E-state index >= 15 is 0 Å². The Kier molecular flexibility index (Phi) is 6.16. The molecular weight excluding hydrogens is 305 g/mol. The monoisotopic (exact) mass is 321 g/mol. The van der Waals surface area contributed by atoms with Crippen molar-refractivity contribution in [3.8, 4) is 0 Å². The number of halogens is 2. The van der Waals surface area contributed by atoms with Crippen molar-refractivity contribution in [2.45, 2.75) is 26.8 Å². The molecule has 6 heteroatoms. The number of nitrogens with one attached hydrogen (secondary N) is 1. The summed E-state index contributed by atoms with van der Waals surface area (Å²) in [5, 5.41) is 3.55. The van der Waals surface area contributed by atoms with Crippen molar-refractivity contribution in [1.82, 2.24) is 9.97 Å². The molecule has 1 N–H and O–H groups in total. The fraction of sp³-hybridized carbons (Fsp3) is 0.636. The Hall–Kier alpha value is -0.390. The van der Waals surface area contributed by atoms with Crippen LogP contribution in [0.1, 0.15) is 20.8 Å². The van der Waals surface area contributed by atoms with E-state index in [1.165, 1.54) is 0 Å². The van der Waals surface area contributed by atoms with E-state index in [1.54, 1.807) is 6.20 Å². The summed E-state index contributed by atoms with van der Waals surface area (Å²) in [6.45, 7) is 7.59. The first-order valence-corrected chi connectivity index (χ1v) is 6.74. The molecule has 0 fully saturated rings. The van der Waals surface area contributed by atoms with Crippen LogP contribution in [0.25, 0.3) is 0 Å². The van der Waals surface area contributed by atoms with Crippen molar-refractivity contribution >= 4 is 33.3 Å². The summed E-state index contributed by atoms with van der Waals surface area (Å²) >= 11 is 9.16. The van der Waals surface area contributed by atoms with Crippen LogP contribution in [-0.4, -0.2) is 29.2 Å². The molecule has 96 valence electrons. The van der Waals surface area contributed by atoms with Crippen LogP contribution in [0.5, 0.6) is 0 Å². The summed E-state index contributed by atoms with van der Waals surface area (Å²) in [5.41, 5.74) is 0. The highest BCUT2D eigenvalue weighted by Gasteiger charge is 2.15. The number of rotatable bonds is 6. The fourth-order valence-electron chi connectivity index (χ4n) is 1.27. The second kappa shape index (κ2) is 7.13. The molecule has 4 nitrogen and oxygen atoms in total. The quantitative estimate of drug-likeness (QED) is 0.816. The zero-order chi connectivity index (χ0) is 12.8. The number of hydrogen-bond acceptors (Lipinski definition) is 4. The highest BCUT2D eigenvalue weighted by atomic mass is 79.9. The first-order valence-electron chi connectivity index (χ1n) is 5.57. The molecule has 1 rings (SSSR count). The van der Waals surface area contributed by atoms with Crippen molar-refractivity contribution in [3.05, 3.63) is 16.0 Å². The molecule has 1 aromatic rings. The van der Waals surface area contributed by atoms with Gasteiger partial charge in [-0.05, 0) is 40.4 Å². The van der Waals surface area contributed by atoms with E-state index in [4.69, 9.17) is 16.3 Å². The summed E-state index contributed by atoms with van der Waals surface area (Å²) in [6.07, 6.45) is 1.63. The lowest BCUT2D eigenvalue weighted by Gasteiger charge is -2.23. The maximum atomic E-state index is 5.77. The van der Waals surface area contributed by atoms with Crippen molar-refractivity contribution < 1.29 is 4.74 Å². The van der Waals surface area contributed by atoms with Crippen LogP contribution < -0.4 is 5.32 Å². The lowest BCUT2D eigenvalue weighted by atomic mass is 10.1. The summed E-state index contributed by atoms with van der Waals surface area (Å²) in [4.78, 5) is 8.03. The number of aromatic nitrogens is 2. The zero-order valence-electron chi connectivity index (χ0n) is 10.2. The second-order valence-electron chi connectivity index (χ2n) is 3.99. The minimum Gasteiger partial charge on any atom is -0.380 e. The standard InChI is InChI=1S/C11H17BrClN3O/c1-4-17-6-9(7(2)3)15-10-8(12)5-14-11(13)16-10/h5,7,9H,4,6H2,1-3H3,(H,14,15,16). The molecule has 0 aliphatic carbocycles. The van der Waals surface area contributed by atoms with E-state index in [9.17, 15) is 0 Å². The molecule has 0 saturated carbocycles. The van der Waals surface area contributed by atoms with Gasteiger partial charge in [0.25, 0.3) is 0 Å². The third kappa shape index (κ3) is 4.77. The van der Waals surface area contributed by atoms with Crippen molar-refractivity contribution in [3.63, 3.8) is 0 Å². The molecule has 0 bridgehead atoms. The third-order valence-electron chi connectivity index (χ3n) is 2.34. The average molecular weight is 323 g/mol. The number of nitrogens with zero attached hydrogens (tertiary/aromatic N) is 2. The van der Waals surface area contributed by atoms with Crippen molar-refractivity contribution in [2.24, 2.45) is 5.92 Å². The first-order chi connectivity index (χ1) is 8.04. The topological polar surface area (TPSA) is 47.0 Å². The average Bonchev–Trinajstić information content (AvgIpc) is 2.28. The van der Waals surface area contributed by atoms with E-state index in [-0.39, 0.29) is 11.3 Å². The summed E-state index contributed by atoms with van der Waals surface area (Å²) in [6, 6.07) is 0.192. The van der Waals surface area contributed by atoms with E-state index in [2.05, 4.69) is 45.1 Å². The van der Waals surface area contributed by atoms with Crippen LogP contribution in [-0.2, 0) is 4.74 Å². The zero-order valence-corrected chi connectivity index (χ0v) is 12.5. The van der Waals surface area contributed by atoms with E-state index in [1.807, 2.05) is 6.92 Å². The lowest BCUT2D eigenvalue weighted by Crippen LogP contribution is -2.31. The van der Waals surface area contributed by atoms with Gasteiger partial charge in [0.05, 0.1) is 17.1 Å². The largest absolute Gasteiger partial charge is 0.380 e. The normalized spacial score (nSPS) is 12.8. The van der Waals surface area contributed by atoms with Crippen LogP contribution in [0.3, 0.4) is 0 Å². The van der Waals surface area contributed by atoms with Gasteiger partial charge in [0.1, 0.15) is 5.82 Å². The maximum Gasteiger partial charge on any atom is 0.224 e. The van der Waals surface area contributed by atoms with E-state index < -0.39 is 0 Å². The molecule has 0 saturated heterocycles. The molecule has 17 heavy (non-hydrogen) atoms. The number of hydrogen-bond donors (Lipinski definition) is 1. The molecule has 1 unspecified atom stereocenters. The van der Waals surface area contributed by atoms with Crippen molar-refractivity contribution in [1.29, 1.82) is 0 Å².